The van der Waals surface area contributed by atoms with E-state index in [1.165, 1.54) is 49.0 Å². The Morgan fingerprint density at radius 2 is 1.95 bits per heavy atom. The summed E-state index contributed by atoms with van der Waals surface area (Å²) in [5, 5.41) is 9.29. The summed E-state index contributed by atoms with van der Waals surface area (Å²) in [7, 11) is 0. The number of hydrogen-bond acceptors (Lipinski definition) is 4. The molecule has 2 heterocycles. The highest BCUT2D eigenvalue weighted by Crippen LogP contribution is 2.33. The van der Waals surface area contributed by atoms with Crippen LogP contribution in [0, 0.1) is 0 Å². The van der Waals surface area contributed by atoms with Gasteiger partial charge >= 0.3 is 0 Å². The fourth-order valence-electron chi connectivity index (χ4n) is 3.12. The van der Waals surface area contributed by atoms with Crippen LogP contribution in [0.2, 0.25) is 0 Å². The van der Waals surface area contributed by atoms with Gasteiger partial charge in [-0.25, -0.2) is 4.68 Å². The summed E-state index contributed by atoms with van der Waals surface area (Å²) in [6.07, 6.45) is 10.5. The van der Waals surface area contributed by atoms with Crippen LogP contribution in [-0.2, 0) is 19.4 Å². The van der Waals surface area contributed by atoms with Gasteiger partial charge in [0.1, 0.15) is 0 Å². The lowest BCUT2D eigenvalue weighted by Gasteiger charge is -2.10. The molecule has 0 aliphatic heterocycles. The van der Waals surface area contributed by atoms with E-state index >= 15 is 0 Å². The third-order valence-corrected chi connectivity index (χ3v) is 5.49. The van der Waals surface area contributed by atoms with Crippen molar-refractivity contribution < 1.29 is 0 Å². The third kappa shape index (κ3) is 3.03. The molecule has 0 aromatic carbocycles. The number of rotatable bonds is 6. The van der Waals surface area contributed by atoms with Gasteiger partial charge in [-0.15, -0.1) is 16.4 Å². The molecule has 2 aromatic heterocycles. The zero-order valence-corrected chi connectivity index (χ0v) is 13.5. The predicted molar refractivity (Wildman–Crippen MR) is 87.1 cm³/mol. The van der Waals surface area contributed by atoms with Crippen molar-refractivity contribution in [2.24, 2.45) is 0 Å². The van der Waals surface area contributed by atoms with Gasteiger partial charge in [-0.3, -0.25) is 4.79 Å². The van der Waals surface area contributed by atoms with Gasteiger partial charge in [0, 0.05) is 11.4 Å². The minimum Gasteiger partial charge on any atom is -0.267 e. The molecule has 0 saturated heterocycles. The van der Waals surface area contributed by atoms with Crippen molar-refractivity contribution in [3.63, 3.8) is 0 Å². The van der Waals surface area contributed by atoms with Crippen molar-refractivity contribution in [2.45, 2.75) is 71.3 Å². The molecule has 1 aliphatic rings. The molecule has 21 heavy (non-hydrogen) atoms. The molecule has 2 aromatic rings. The normalized spacial score (nSPS) is 14.5. The van der Waals surface area contributed by atoms with Crippen molar-refractivity contribution in [1.29, 1.82) is 0 Å². The predicted octanol–water partition coefficient (Wildman–Crippen LogP) is 3.70. The van der Waals surface area contributed by atoms with Crippen LogP contribution >= 0.6 is 11.3 Å². The number of aromatic nitrogens is 3. The van der Waals surface area contributed by atoms with Crippen molar-refractivity contribution in [1.82, 2.24) is 15.0 Å². The average Bonchev–Trinajstić information content (AvgIpc) is 2.88. The van der Waals surface area contributed by atoms with Gasteiger partial charge in [-0.05, 0) is 37.7 Å². The molecule has 5 heteroatoms. The van der Waals surface area contributed by atoms with Crippen LogP contribution in [0.1, 0.15) is 62.3 Å². The van der Waals surface area contributed by atoms with E-state index < -0.39 is 0 Å². The fourth-order valence-corrected chi connectivity index (χ4v) is 4.32. The van der Waals surface area contributed by atoms with Crippen molar-refractivity contribution in [3.8, 4) is 0 Å². The maximum absolute atomic E-state index is 12.6. The topological polar surface area (TPSA) is 47.8 Å². The molecule has 0 radical (unpaired) electrons. The van der Waals surface area contributed by atoms with E-state index in [-0.39, 0.29) is 5.56 Å². The van der Waals surface area contributed by atoms with Crippen LogP contribution in [-0.4, -0.2) is 15.0 Å². The Bertz CT molecular complexity index is 674. The first-order valence-corrected chi connectivity index (χ1v) is 9.01. The van der Waals surface area contributed by atoms with Crippen LogP contribution in [0.3, 0.4) is 0 Å². The maximum atomic E-state index is 12.6. The maximum Gasteiger partial charge on any atom is 0.278 e. The standard InChI is InChI=1S/C16H23N3OS/c1-2-3-4-5-8-11-19-16(20)14-12-9-6-7-10-13(12)21-15(14)17-18-19/h2-11H2,1H3. The molecule has 0 saturated carbocycles. The van der Waals surface area contributed by atoms with Gasteiger partial charge < -0.3 is 0 Å². The number of hydrogen-bond donors (Lipinski definition) is 0. The summed E-state index contributed by atoms with van der Waals surface area (Å²) >= 11 is 1.67. The monoisotopic (exact) mass is 305 g/mol. The van der Waals surface area contributed by atoms with Crippen molar-refractivity contribution in [2.75, 3.05) is 0 Å². The van der Waals surface area contributed by atoms with E-state index in [1.807, 2.05) is 0 Å². The highest BCUT2D eigenvalue weighted by Gasteiger charge is 2.20. The van der Waals surface area contributed by atoms with Crippen molar-refractivity contribution in [3.05, 3.63) is 20.8 Å². The molecular formula is C16H23N3OS. The fraction of sp³-hybridized carbons (Fsp3) is 0.688. The number of nitrogens with zero attached hydrogens (tertiary/aromatic N) is 3. The third-order valence-electron chi connectivity index (χ3n) is 4.32. The van der Waals surface area contributed by atoms with E-state index in [0.717, 1.165) is 29.5 Å². The van der Waals surface area contributed by atoms with Crippen LogP contribution in [0.5, 0.6) is 0 Å². The molecule has 0 fully saturated rings. The second-order valence-electron chi connectivity index (χ2n) is 5.92. The number of thiophene rings is 1. The first-order chi connectivity index (χ1) is 10.3. The Labute approximate surface area is 129 Å². The first kappa shape index (κ1) is 14.7. The molecule has 0 N–H and O–H groups in total. The Morgan fingerprint density at radius 3 is 2.81 bits per heavy atom. The Hall–Kier alpha value is -1.23. The second-order valence-corrected chi connectivity index (χ2v) is 7.01. The lowest BCUT2D eigenvalue weighted by atomic mass is 9.97. The van der Waals surface area contributed by atoms with Gasteiger partial charge in [-0.2, -0.15) is 0 Å². The highest BCUT2D eigenvalue weighted by atomic mass is 32.1. The zero-order chi connectivity index (χ0) is 14.7. The number of unbranched alkanes of at least 4 members (excludes halogenated alkanes) is 4. The quantitative estimate of drug-likeness (QED) is 0.765. The Kier molecular flexibility index (Phi) is 4.68. The minimum absolute atomic E-state index is 0.0786. The molecule has 0 unspecified atom stereocenters. The average molecular weight is 305 g/mol. The molecule has 114 valence electrons. The second kappa shape index (κ2) is 6.69. The first-order valence-electron chi connectivity index (χ1n) is 8.19. The molecule has 0 spiro atoms. The van der Waals surface area contributed by atoms with Crippen LogP contribution in [0.25, 0.3) is 10.2 Å². The van der Waals surface area contributed by atoms with Gasteiger partial charge in [-0.1, -0.05) is 37.8 Å². The lowest BCUT2D eigenvalue weighted by molar-refractivity contribution is 0.497. The van der Waals surface area contributed by atoms with Crippen LogP contribution < -0.4 is 5.56 Å². The zero-order valence-electron chi connectivity index (χ0n) is 12.7. The molecule has 4 nitrogen and oxygen atoms in total. The summed E-state index contributed by atoms with van der Waals surface area (Å²) in [6.45, 7) is 2.92. The summed E-state index contributed by atoms with van der Waals surface area (Å²) < 4.78 is 1.58. The molecule has 1 aliphatic carbocycles. The molecule has 0 bridgehead atoms. The van der Waals surface area contributed by atoms with E-state index in [2.05, 4.69) is 17.2 Å². The van der Waals surface area contributed by atoms with Gasteiger partial charge in [0.25, 0.3) is 5.56 Å². The molecule has 0 atom stereocenters. The highest BCUT2D eigenvalue weighted by molar-refractivity contribution is 7.18. The van der Waals surface area contributed by atoms with E-state index in [1.54, 1.807) is 16.0 Å². The van der Waals surface area contributed by atoms with Gasteiger partial charge in [0.15, 0.2) is 4.83 Å². The summed E-state index contributed by atoms with van der Waals surface area (Å²) in [5.74, 6) is 0. The van der Waals surface area contributed by atoms with E-state index in [9.17, 15) is 4.79 Å². The van der Waals surface area contributed by atoms with E-state index in [4.69, 9.17) is 0 Å². The molecule has 3 rings (SSSR count). The summed E-state index contributed by atoms with van der Waals surface area (Å²) in [6, 6.07) is 0. The number of fused-ring (bicyclic) bond motifs is 3. The van der Waals surface area contributed by atoms with Crippen LogP contribution in [0.4, 0.5) is 0 Å². The Morgan fingerprint density at radius 1 is 1.14 bits per heavy atom. The lowest BCUT2D eigenvalue weighted by Crippen LogP contribution is -2.24. The SMILES string of the molecule is CCCCCCCn1nnc2sc3c(c2c1=O)CCCC3. The minimum atomic E-state index is 0.0786. The summed E-state index contributed by atoms with van der Waals surface area (Å²) in [4.78, 5) is 14.9. The smallest absolute Gasteiger partial charge is 0.267 e. The molecular weight excluding hydrogens is 282 g/mol. The van der Waals surface area contributed by atoms with E-state index in [0.29, 0.717) is 6.54 Å². The van der Waals surface area contributed by atoms with Gasteiger partial charge in [0.05, 0.1) is 5.39 Å². The largest absolute Gasteiger partial charge is 0.278 e. The van der Waals surface area contributed by atoms with Gasteiger partial charge in [0.2, 0.25) is 0 Å². The summed E-state index contributed by atoms with van der Waals surface area (Å²) in [5.41, 5.74) is 1.34. The molecule has 0 amide bonds. The Balaban J connectivity index is 1.81. The van der Waals surface area contributed by atoms with Crippen LogP contribution in [0.15, 0.2) is 4.79 Å². The van der Waals surface area contributed by atoms with Crippen molar-refractivity contribution >= 4 is 21.6 Å². The number of aryl methyl sites for hydroxylation is 3.